The molecule has 0 saturated carbocycles. The molecule has 3 heteroatoms. The van der Waals surface area contributed by atoms with Gasteiger partial charge in [-0.2, -0.15) is 0 Å². The van der Waals surface area contributed by atoms with Gasteiger partial charge >= 0.3 is 27.3 Å². The molecule has 0 aliphatic rings. The summed E-state index contributed by atoms with van der Waals surface area (Å²) >= 11 is 0. The number of carbonyl (C=O) groups excluding carboxylic acids is 1. The molecule has 0 fully saturated rings. The van der Waals surface area contributed by atoms with Crippen LogP contribution in [0, 0.1) is 20.8 Å². The topological polar surface area (TPSA) is 40.1 Å². The molecule has 1 rings (SSSR count). The van der Waals surface area contributed by atoms with Crippen molar-refractivity contribution in [3.63, 3.8) is 0 Å². The summed E-state index contributed by atoms with van der Waals surface area (Å²) in [6.07, 6.45) is 0. The average Bonchev–Trinajstić information content (AvgIpc) is 2.00. The third-order valence-corrected chi connectivity index (χ3v) is 2.28. The largest absolute Gasteiger partial charge is 1.00 e. The van der Waals surface area contributed by atoms with E-state index in [-0.39, 0.29) is 32.9 Å². The van der Waals surface area contributed by atoms with E-state index in [1.54, 1.807) is 19.1 Å². The van der Waals surface area contributed by atoms with Gasteiger partial charge in [-0.25, -0.2) is 0 Å². The van der Waals surface area contributed by atoms with Crippen molar-refractivity contribution in [3.8, 4) is 0 Å². The van der Waals surface area contributed by atoms with E-state index in [4.69, 9.17) is 0 Å². The second kappa shape index (κ2) is 4.74. The summed E-state index contributed by atoms with van der Waals surface area (Å²) in [4.78, 5) is 10.6. The van der Waals surface area contributed by atoms with E-state index in [9.17, 15) is 9.90 Å². The number of carboxylic acid groups (broad SMARTS) is 1. The molecule has 1 aromatic rings. The molecule has 0 saturated heterocycles. The predicted octanol–water partition coefficient (Wildman–Crippen LogP) is 0.595. The Morgan fingerprint density at radius 2 is 1.69 bits per heavy atom. The number of carbonyl (C=O) groups is 1. The SMILES string of the molecule is Cc1ccc(C(=O)[O-])c(C)c1C.[Tl+]. The van der Waals surface area contributed by atoms with Crippen LogP contribution in [0.25, 0.3) is 0 Å². The molecule has 0 aromatic heterocycles. The Bertz CT molecular complexity index is 332. The van der Waals surface area contributed by atoms with E-state index >= 15 is 0 Å². The number of hydrogen-bond donors (Lipinski definition) is 0. The Balaban J connectivity index is 0.00000144. The van der Waals surface area contributed by atoms with Crippen molar-refractivity contribution in [2.24, 2.45) is 0 Å². The third-order valence-electron chi connectivity index (χ3n) is 2.28. The quantitative estimate of drug-likeness (QED) is 0.682. The first kappa shape index (κ1) is 12.6. The van der Waals surface area contributed by atoms with Crippen molar-refractivity contribution in [1.29, 1.82) is 0 Å². The van der Waals surface area contributed by atoms with Crippen LogP contribution in [0.5, 0.6) is 0 Å². The van der Waals surface area contributed by atoms with E-state index in [0.717, 1.165) is 16.7 Å². The van der Waals surface area contributed by atoms with Crippen molar-refractivity contribution in [3.05, 3.63) is 34.4 Å². The maximum Gasteiger partial charge on any atom is 1.00 e. The Labute approximate surface area is 98.1 Å². The van der Waals surface area contributed by atoms with Gasteiger partial charge in [0.05, 0.1) is 5.97 Å². The Hall–Kier alpha value is -0.388. The van der Waals surface area contributed by atoms with E-state index in [2.05, 4.69) is 0 Å². The molecule has 0 unspecified atom stereocenters. The van der Waals surface area contributed by atoms with Gasteiger partial charge in [-0.3, -0.25) is 0 Å². The van der Waals surface area contributed by atoms with Gasteiger partial charge in [0.15, 0.2) is 0 Å². The van der Waals surface area contributed by atoms with Gasteiger partial charge < -0.3 is 9.90 Å². The molecule has 0 bridgehead atoms. The maximum absolute atomic E-state index is 10.6. The molecule has 13 heavy (non-hydrogen) atoms. The van der Waals surface area contributed by atoms with E-state index < -0.39 is 5.97 Å². The van der Waals surface area contributed by atoms with Crippen molar-refractivity contribution in [1.82, 2.24) is 0 Å². The molecule has 2 nitrogen and oxygen atoms in total. The summed E-state index contributed by atoms with van der Waals surface area (Å²) in [5.41, 5.74) is 3.22. The number of hydrogen-bond acceptors (Lipinski definition) is 2. The Kier molecular flexibility index (Phi) is 4.60. The summed E-state index contributed by atoms with van der Waals surface area (Å²) in [5.74, 6) is -1.10. The van der Waals surface area contributed by atoms with Crippen LogP contribution in [0.2, 0.25) is 0 Å². The van der Waals surface area contributed by atoms with Crippen LogP contribution in [-0.4, -0.2) is 33.3 Å². The van der Waals surface area contributed by atoms with Gasteiger partial charge in [-0.15, -0.1) is 0 Å². The summed E-state index contributed by atoms with van der Waals surface area (Å²) in [6, 6.07) is 3.39. The van der Waals surface area contributed by atoms with Gasteiger partial charge in [-0.05, 0) is 37.5 Å². The van der Waals surface area contributed by atoms with Gasteiger partial charge in [-0.1, -0.05) is 12.1 Å². The van der Waals surface area contributed by atoms with Crippen LogP contribution in [0.15, 0.2) is 12.1 Å². The van der Waals surface area contributed by atoms with Crippen LogP contribution < -0.4 is 5.11 Å². The molecule has 66 valence electrons. The van der Waals surface area contributed by atoms with Gasteiger partial charge in [0, 0.05) is 5.56 Å². The minimum atomic E-state index is -1.10. The molecule has 0 N–H and O–H groups in total. The number of benzene rings is 1. The van der Waals surface area contributed by atoms with Crippen LogP contribution in [-0.2, 0) is 0 Å². The molecule has 0 amide bonds. The van der Waals surface area contributed by atoms with Crippen LogP contribution >= 0.6 is 0 Å². The van der Waals surface area contributed by atoms with Crippen molar-refractivity contribution >= 4 is 33.3 Å². The fraction of sp³-hybridized carbons (Fsp3) is 0.300. The first-order valence-electron chi connectivity index (χ1n) is 3.82. The van der Waals surface area contributed by atoms with E-state index in [1.807, 2.05) is 13.8 Å². The standard InChI is InChI=1S/C10H12O2.Tl/c1-6-4-5-9(10(11)12)8(3)7(6)2;/h4-5H,1-3H3,(H,11,12);/q;+1/p-1. The first-order chi connectivity index (χ1) is 5.54. The zero-order valence-electron chi connectivity index (χ0n) is 8.05. The van der Waals surface area contributed by atoms with Crippen LogP contribution in [0.3, 0.4) is 0 Å². The summed E-state index contributed by atoms with van der Waals surface area (Å²) in [6.45, 7) is 5.67. The zero-order valence-corrected chi connectivity index (χ0v) is 12.5. The average molecular weight is 368 g/mol. The second-order valence-electron chi connectivity index (χ2n) is 2.97. The Morgan fingerprint density at radius 3 is 2.15 bits per heavy atom. The van der Waals surface area contributed by atoms with Crippen molar-refractivity contribution < 1.29 is 9.90 Å². The number of carboxylic acids is 1. The molecule has 0 radical (unpaired) electrons. The molecule has 0 heterocycles. The predicted molar refractivity (Wildman–Crippen MR) is 50.7 cm³/mol. The van der Waals surface area contributed by atoms with Gasteiger partial charge in [0.2, 0.25) is 0 Å². The Morgan fingerprint density at radius 1 is 1.15 bits per heavy atom. The van der Waals surface area contributed by atoms with E-state index in [1.165, 1.54) is 0 Å². The van der Waals surface area contributed by atoms with Crippen LogP contribution in [0.4, 0.5) is 0 Å². The maximum atomic E-state index is 10.6. The molecular weight excluding hydrogens is 356 g/mol. The first-order valence-corrected chi connectivity index (χ1v) is 3.82. The zero-order chi connectivity index (χ0) is 9.30. The van der Waals surface area contributed by atoms with Crippen molar-refractivity contribution in [2.45, 2.75) is 20.8 Å². The molecule has 1 aromatic carbocycles. The van der Waals surface area contributed by atoms with Crippen LogP contribution in [0.1, 0.15) is 27.0 Å². The van der Waals surface area contributed by atoms with Gasteiger partial charge in [0.25, 0.3) is 0 Å². The summed E-state index contributed by atoms with van der Waals surface area (Å²) < 4.78 is 0. The summed E-state index contributed by atoms with van der Waals surface area (Å²) in [7, 11) is 0. The fourth-order valence-corrected chi connectivity index (χ4v) is 1.18. The number of aromatic carboxylic acids is 1. The normalized spacial score (nSPS) is 9.15. The fourth-order valence-electron chi connectivity index (χ4n) is 1.18. The number of aryl methyl sites for hydroxylation is 1. The minimum Gasteiger partial charge on any atom is -0.545 e. The molecule has 0 spiro atoms. The smallest absolute Gasteiger partial charge is 0.545 e. The monoisotopic (exact) mass is 368 g/mol. The number of rotatable bonds is 1. The minimum absolute atomic E-state index is 0. The van der Waals surface area contributed by atoms with E-state index in [0.29, 0.717) is 0 Å². The third kappa shape index (κ3) is 2.53. The molecular formula is C10H11O2Tl. The summed E-state index contributed by atoms with van der Waals surface area (Å²) in [5, 5.41) is 10.6. The molecule has 0 atom stereocenters. The van der Waals surface area contributed by atoms with Gasteiger partial charge in [0.1, 0.15) is 0 Å². The molecule has 0 aliphatic heterocycles. The molecule has 0 aliphatic carbocycles. The second-order valence-corrected chi connectivity index (χ2v) is 2.97. The van der Waals surface area contributed by atoms with Crippen molar-refractivity contribution in [2.75, 3.05) is 0 Å².